The van der Waals surface area contributed by atoms with Crippen molar-refractivity contribution in [2.24, 2.45) is 0 Å². The van der Waals surface area contributed by atoms with Gasteiger partial charge in [0.2, 0.25) is 5.13 Å². The summed E-state index contributed by atoms with van der Waals surface area (Å²) >= 11 is 1.30. The van der Waals surface area contributed by atoms with Crippen molar-refractivity contribution in [1.82, 2.24) is 20.8 Å². The third-order valence-corrected chi connectivity index (χ3v) is 3.86. The zero-order chi connectivity index (χ0) is 14.1. The van der Waals surface area contributed by atoms with E-state index in [1.54, 1.807) is 0 Å². The lowest BCUT2D eigenvalue weighted by Gasteiger charge is -2.28. The number of hydrogen-bond donors (Lipinski definition) is 3. The molecule has 6 nitrogen and oxygen atoms in total. The molecule has 20 heavy (non-hydrogen) atoms. The van der Waals surface area contributed by atoms with E-state index in [-0.39, 0.29) is 12.1 Å². The van der Waals surface area contributed by atoms with Crippen molar-refractivity contribution in [2.75, 3.05) is 5.73 Å². The molecule has 0 aliphatic carbocycles. The van der Waals surface area contributed by atoms with Gasteiger partial charge in [0.25, 0.3) is 0 Å². The van der Waals surface area contributed by atoms with Crippen molar-refractivity contribution in [3.05, 3.63) is 46.6 Å². The molecule has 0 bridgehead atoms. The fourth-order valence-electron chi connectivity index (χ4n) is 2.22. The van der Waals surface area contributed by atoms with Crippen molar-refractivity contribution >= 4 is 28.1 Å². The summed E-state index contributed by atoms with van der Waals surface area (Å²) in [6.45, 7) is 1.85. The highest BCUT2D eigenvalue weighted by molar-refractivity contribution is 7.16. The number of nitrogens with one attached hydrogen (secondary N) is 2. The maximum absolute atomic E-state index is 11.7. The van der Waals surface area contributed by atoms with E-state index in [9.17, 15) is 4.79 Å². The molecular weight excluding hydrogens is 274 g/mol. The molecule has 1 aliphatic rings. The Morgan fingerprint density at radius 3 is 2.65 bits per heavy atom. The fraction of sp³-hybridized carbons (Fsp3) is 0.154. The second kappa shape index (κ2) is 4.93. The number of nitrogens with two attached hydrogens (primary N) is 1. The smallest absolute Gasteiger partial charge is 0.319 e. The van der Waals surface area contributed by atoms with E-state index in [4.69, 9.17) is 5.73 Å². The number of nitrogen functional groups attached to an aromatic ring is 1. The highest BCUT2D eigenvalue weighted by atomic mass is 32.1. The summed E-state index contributed by atoms with van der Waals surface area (Å²) in [5.41, 5.74) is 8.30. The summed E-state index contributed by atoms with van der Waals surface area (Å²) in [4.78, 5) is 11.7. The minimum Gasteiger partial charge on any atom is -0.374 e. The quantitative estimate of drug-likeness (QED) is 0.786. The molecule has 7 heteroatoms. The SMILES string of the molecule is CC1=C(c2nnc(N)s2)C(c2ccccc2)NC(=O)N1. The van der Waals surface area contributed by atoms with Gasteiger partial charge in [-0.3, -0.25) is 0 Å². The van der Waals surface area contributed by atoms with Gasteiger partial charge in [0.1, 0.15) is 5.01 Å². The summed E-state index contributed by atoms with van der Waals surface area (Å²) in [5.74, 6) is 0. The molecule has 2 heterocycles. The highest BCUT2D eigenvalue weighted by Gasteiger charge is 2.29. The van der Waals surface area contributed by atoms with Crippen LogP contribution >= 0.6 is 11.3 Å². The van der Waals surface area contributed by atoms with E-state index in [0.717, 1.165) is 16.8 Å². The third-order valence-electron chi connectivity index (χ3n) is 3.07. The average molecular weight is 287 g/mol. The van der Waals surface area contributed by atoms with Gasteiger partial charge in [-0.25, -0.2) is 4.79 Å². The van der Waals surface area contributed by atoms with Crippen molar-refractivity contribution in [2.45, 2.75) is 13.0 Å². The monoisotopic (exact) mass is 287 g/mol. The number of allylic oxidation sites excluding steroid dienone is 1. The summed E-state index contributed by atoms with van der Waals surface area (Å²) in [6, 6.07) is 9.26. The molecule has 102 valence electrons. The van der Waals surface area contributed by atoms with Gasteiger partial charge in [-0.05, 0) is 12.5 Å². The lowest BCUT2D eigenvalue weighted by Crippen LogP contribution is -2.42. The van der Waals surface area contributed by atoms with Crippen LogP contribution in [0.2, 0.25) is 0 Å². The Kier molecular flexibility index (Phi) is 3.11. The zero-order valence-corrected chi connectivity index (χ0v) is 11.6. The molecule has 0 fully saturated rings. The van der Waals surface area contributed by atoms with E-state index in [1.807, 2.05) is 37.3 Å². The van der Waals surface area contributed by atoms with Crippen molar-refractivity contribution in [3.63, 3.8) is 0 Å². The van der Waals surface area contributed by atoms with Crippen molar-refractivity contribution in [3.8, 4) is 0 Å². The van der Waals surface area contributed by atoms with Crippen LogP contribution < -0.4 is 16.4 Å². The molecular formula is C13H13N5OS. The van der Waals surface area contributed by atoms with Crippen LogP contribution in [0.25, 0.3) is 5.57 Å². The summed E-state index contributed by atoms with van der Waals surface area (Å²) in [7, 11) is 0. The average Bonchev–Trinajstić information content (AvgIpc) is 2.85. The minimum atomic E-state index is -0.253. The molecule has 0 radical (unpaired) electrons. The topological polar surface area (TPSA) is 92.9 Å². The molecule has 3 rings (SSSR count). The summed E-state index contributed by atoms with van der Waals surface area (Å²) in [6.07, 6.45) is 0. The molecule has 1 aromatic heterocycles. The standard InChI is InChI=1S/C13H13N5OS/c1-7-9(11-17-18-12(14)20-11)10(16-13(19)15-7)8-5-3-2-4-6-8/h2-6,10H,1H3,(H2,14,18)(H2,15,16,19). The Bertz CT molecular complexity index is 679. The van der Waals surface area contributed by atoms with Gasteiger partial charge < -0.3 is 16.4 Å². The number of carbonyl (C=O) groups excluding carboxylic acids is 1. The van der Waals surface area contributed by atoms with Crippen LogP contribution in [0.5, 0.6) is 0 Å². The molecule has 1 aromatic carbocycles. The number of amides is 2. The first-order valence-corrected chi connectivity index (χ1v) is 6.89. The van der Waals surface area contributed by atoms with Crippen molar-refractivity contribution < 1.29 is 4.79 Å². The maximum atomic E-state index is 11.7. The van der Waals surface area contributed by atoms with Crippen molar-refractivity contribution in [1.29, 1.82) is 0 Å². The van der Waals surface area contributed by atoms with Crippen LogP contribution in [-0.4, -0.2) is 16.2 Å². The Labute approximate surface area is 119 Å². The number of nitrogens with zero attached hydrogens (tertiary/aromatic N) is 2. The predicted molar refractivity (Wildman–Crippen MR) is 77.8 cm³/mol. The fourth-order valence-corrected chi connectivity index (χ4v) is 2.96. The second-order valence-electron chi connectivity index (χ2n) is 4.43. The van der Waals surface area contributed by atoms with Gasteiger partial charge in [0.05, 0.1) is 6.04 Å². The molecule has 4 N–H and O–H groups in total. The van der Waals surface area contributed by atoms with E-state index in [0.29, 0.717) is 10.1 Å². The van der Waals surface area contributed by atoms with Crippen LogP contribution in [0.15, 0.2) is 36.0 Å². The van der Waals surface area contributed by atoms with Gasteiger partial charge in [0.15, 0.2) is 0 Å². The number of benzene rings is 1. The van der Waals surface area contributed by atoms with E-state index in [2.05, 4.69) is 20.8 Å². The number of anilines is 1. The first kappa shape index (κ1) is 12.6. The third kappa shape index (κ3) is 2.23. The highest BCUT2D eigenvalue weighted by Crippen LogP contribution is 2.35. The number of urea groups is 1. The summed E-state index contributed by atoms with van der Waals surface area (Å²) in [5, 5.41) is 14.7. The number of rotatable bonds is 2. The van der Waals surface area contributed by atoms with Crippen LogP contribution in [0, 0.1) is 0 Å². The van der Waals surface area contributed by atoms with Gasteiger partial charge >= 0.3 is 6.03 Å². The Balaban J connectivity index is 2.11. The molecule has 0 saturated carbocycles. The number of carbonyl (C=O) groups is 1. The molecule has 1 aliphatic heterocycles. The summed E-state index contributed by atoms with van der Waals surface area (Å²) < 4.78 is 0. The molecule has 0 spiro atoms. The Morgan fingerprint density at radius 1 is 1.25 bits per heavy atom. The van der Waals surface area contributed by atoms with E-state index in [1.165, 1.54) is 11.3 Å². The number of aromatic nitrogens is 2. The van der Waals surface area contributed by atoms with E-state index >= 15 is 0 Å². The van der Waals surface area contributed by atoms with E-state index < -0.39 is 0 Å². The molecule has 1 atom stereocenters. The second-order valence-corrected chi connectivity index (χ2v) is 5.44. The molecule has 0 saturated heterocycles. The first-order valence-electron chi connectivity index (χ1n) is 6.07. The zero-order valence-electron chi connectivity index (χ0n) is 10.8. The Morgan fingerprint density at radius 2 is 2.00 bits per heavy atom. The lowest BCUT2D eigenvalue weighted by molar-refractivity contribution is 0.240. The predicted octanol–water partition coefficient (Wildman–Crippen LogP) is 1.91. The maximum Gasteiger partial charge on any atom is 0.319 e. The molecule has 2 amide bonds. The largest absolute Gasteiger partial charge is 0.374 e. The minimum absolute atomic E-state index is 0.224. The van der Waals surface area contributed by atoms with Gasteiger partial charge in [-0.2, -0.15) is 0 Å². The van der Waals surface area contributed by atoms with Crippen LogP contribution in [0.1, 0.15) is 23.5 Å². The lowest BCUT2D eigenvalue weighted by atomic mass is 9.96. The number of hydrogen-bond acceptors (Lipinski definition) is 5. The molecule has 2 aromatic rings. The normalized spacial score (nSPS) is 18.6. The van der Waals surface area contributed by atoms with Gasteiger partial charge in [-0.15, -0.1) is 10.2 Å². The molecule has 1 unspecified atom stereocenters. The first-order chi connectivity index (χ1) is 9.65. The Hall–Kier alpha value is -2.41. The van der Waals surface area contributed by atoms with Crippen LogP contribution in [0.4, 0.5) is 9.93 Å². The van der Waals surface area contributed by atoms with Gasteiger partial charge in [-0.1, -0.05) is 41.7 Å². The van der Waals surface area contributed by atoms with Gasteiger partial charge in [0, 0.05) is 11.3 Å². The van der Waals surface area contributed by atoms with Crippen LogP contribution in [0.3, 0.4) is 0 Å². The van der Waals surface area contributed by atoms with Crippen LogP contribution in [-0.2, 0) is 0 Å².